The maximum Gasteiger partial charge on any atom is 0.130 e. The standard InChI is InChI=1S/C4H8S.CHNS/c1-2-4-5-3-1;2-1-3/h1-4H2;3H. The van der Waals surface area contributed by atoms with Gasteiger partial charge in [0.15, 0.2) is 0 Å². The Labute approximate surface area is 59.9 Å². The Hall–Kier alpha value is 0.190. The lowest BCUT2D eigenvalue weighted by atomic mass is 10.4. The van der Waals surface area contributed by atoms with Crippen LogP contribution in [0.25, 0.3) is 0 Å². The Bertz CT molecular complexity index is 65.4. The molecule has 0 saturated carbocycles. The van der Waals surface area contributed by atoms with E-state index in [4.69, 9.17) is 5.26 Å². The molecule has 0 spiro atoms. The molecule has 0 N–H and O–H groups in total. The normalized spacial score (nSPS) is 16.0. The second kappa shape index (κ2) is 7.19. The Morgan fingerprint density at radius 1 is 1.38 bits per heavy atom. The molecule has 1 aliphatic rings. The molecular weight excluding hydrogens is 138 g/mol. The first-order valence-corrected chi connectivity index (χ1v) is 4.13. The van der Waals surface area contributed by atoms with E-state index < -0.39 is 0 Å². The average molecular weight is 147 g/mol. The highest BCUT2D eigenvalue weighted by atomic mass is 32.2. The number of nitriles is 1. The van der Waals surface area contributed by atoms with Gasteiger partial charge in [-0.3, -0.25) is 0 Å². The fourth-order valence-corrected chi connectivity index (χ4v) is 1.53. The van der Waals surface area contributed by atoms with Crippen LogP contribution in [0.15, 0.2) is 0 Å². The van der Waals surface area contributed by atoms with Gasteiger partial charge in [0.1, 0.15) is 5.40 Å². The third-order valence-corrected chi connectivity index (χ3v) is 1.98. The molecule has 46 valence electrons. The van der Waals surface area contributed by atoms with E-state index in [9.17, 15) is 0 Å². The summed E-state index contributed by atoms with van der Waals surface area (Å²) in [5.41, 5.74) is 0. The van der Waals surface area contributed by atoms with Crippen LogP contribution in [0.3, 0.4) is 0 Å². The molecule has 0 aliphatic carbocycles. The molecule has 0 bridgehead atoms. The number of thioether (sulfide) groups is 1. The van der Waals surface area contributed by atoms with Gasteiger partial charge < -0.3 is 0 Å². The molecule has 0 aromatic heterocycles. The molecule has 0 radical (unpaired) electrons. The minimum atomic E-state index is 1.42. The van der Waals surface area contributed by atoms with E-state index in [1.165, 1.54) is 29.7 Å². The molecular formula is C5H9NS2. The van der Waals surface area contributed by atoms with Crippen molar-refractivity contribution in [2.75, 3.05) is 11.5 Å². The number of rotatable bonds is 0. The molecule has 1 heterocycles. The van der Waals surface area contributed by atoms with Gasteiger partial charge in [-0.25, -0.2) is 0 Å². The Morgan fingerprint density at radius 3 is 1.88 bits per heavy atom. The molecule has 0 atom stereocenters. The number of hydrogen-bond donors (Lipinski definition) is 1. The third-order valence-electron chi connectivity index (χ3n) is 0.827. The second-order valence-corrected chi connectivity index (χ2v) is 2.84. The lowest BCUT2D eigenvalue weighted by molar-refractivity contribution is 0.949. The van der Waals surface area contributed by atoms with Crippen LogP contribution in [0.1, 0.15) is 12.8 Å². The first kappa shape index (κ1) is 8.19. The van der Waals surface area contributed by atoms with Crippen molar-refractivity contribution in [2.45, 2.75) is 12.8 Å². The summed E-state index contributed by atoms with van der Waals surface area (Å²) in [7, 11) is 0. The molecule has 1 rings (SSSR count). The predicted octanol–water partition coefficient (Wildman–Crippen LogP) is 1.91. The molecule has 1 saturated heterocycles. The topological polar surface area (TPSA) is 23.8 Å². The minimum absolute atomic E-state index is 1.42. The Balaban J connectivity index is 0.000000145. The molecule has 0 unspecified atom stereocenters. The molecule has 0 aromatic rings. The fourth-order valence-electron chi connectivity index (χ4n) is 0.510. The predicted molar refractivity (Wildman–Crippen MR) is 41.2 cm³/mol. The van der Waals surface area contributed by atoms with E-state index >= 15 is 0 Å². The van der Waals surface area contributed by atoms with Gasteiger partial charge in [-0.2, -0.15) is 17.0 Å². The summed E-state index contributed by atoms with van der Waals surface area (Å²) in [6.45, 7) is 0. The molecule has 0 amide bonds. The smallest absolute Gasteiger partial charge is 0.130 e. The largest absolute Gasteiger partial charge is 0.185 e. The Kier molecular flexibility index (Phi) is 7.36. The number of thiol groups is 1. The quantitative estimate of drug-likeness (QED) is 0.418. The van der Waals surface area contributed by atoms with E-state index in [-0.39, 0.29) is 0 Å². The molecule has 0 aromatic carbocycles. The molecule has 8 heavy (non-hydrogen) atoms. The van der Waals surface area contributed by atoms with E-state index in [1.54, 1.807) is 0 Å². The zero-order valence-electron chi connectivity index (χ0n) is 4.63. The SMILES string of the molecule is C1CCSC1.N#CS. The van der Waals surface area contributed by atoms with Crippen molar-refractivity contribution in [3.63, 3.8) is 0 Å². The lowest BCUT2D eigenvalue weighted by Gasteiger charge is -1.69. The van der Waals surface area contributed by atoms with Gasteiger partial charge in [0.25, 0.3) is 0 Å². The maximum absolute atomic E-state index is 7.18. The summed E-state index contributed by atoms with van der Waals surface area (Å²) in [4.78, 5) is 0. The molecule has 1 fully saturated rings. The highest BCUT2D eigenvalue weighted by Crippen LogP contribution is 2.14. The van der Waals surface area contributed by atoms with Crippen molar-refractivity contribution in [3.05, 3.63) is 0 Å². The van der Waals surface area contributed by atoms with Gasteiger partial charge in [-0.15, -0.1) is 0 Å². The molecule has 1 aliphatic heterocycles. The zero-order chi connectivity index (χ0) is 6.24. The second-order valence-electron chi connectivity index (χ2n) is 1.42. The van der Waals surface area contributed by atoms with Gasteiger partial charge >= 0.3 is 0 Å². The number of nitrogens with zero attached hydrogens (tertiary/aromatic N) is 1. The van der Waals surface area contributed by atoms with Crippen molar-refractivity contribution in [3.8, 4) is 5.40 Å². The van der Waals surface area contributed by atoms with E-state index in [0.29, 0.717) is 0 Å². The van der Waals surface area contributed by atoms with Crippen LogP contribution in [-0.4, -0.2) is 11.5 Å². The van der Waals surface area contributed by atoms with Crippen LogP contribution in [0, 0.1) is 10.7 Å². The summed E-state index contributed by atoms with van der Waals surface area (Å²) in [6, 6.07) is 0. The van der Waals surface area contributed by atoms with Crippen LogP contribution < -0.4 is 0 Å². The number of hydrogen-bond acceptors (Lipinski definition) is 3. The van der Waals surface area contributed by atoms with Crippen molar-refractivity contribution in [1.29, 1.82) is 5.26 Å². The fraction of sp³-hybridized carbons (Fsp3) is 0.800. The van der Waals surface area contributed by atoms with E-state index in [0.717, 1.165) is 0 Å². The van der Waals surface area contributed by atoms with Crippen LogP contribution in [0.5, 0.6) is 0 Å². The van der Waals surface area contributed by atoms with Crippen molar-refractivity contribution < 1.29 is 0 Å². The zero-order valence-corrected chi connectivity index (χ0v) is 6.34. The average Bonchev–Trinajstić information content (AvgIpc) is 2.17. The van der Waals surface area contributed by atoms with Crippen LogP contribution in [-0.2, 0) is 0 Å². The van der Waals surface area contributed by atoms with Crippen molar-refractivity contribution in [2.24, 2.45) is 0 Å². The highest BCUT2D eigenvalue weighted by Gasteiger charge is 1.95. The summed E-state index contributed by atoms with van der Waals surface area (Å²) < 4.78 is 0. The third kappa shape index (κ3) is 6.19. The van der Waals surface area contributed by atoms with Crippen molar-refractivity contribution >= 4 is 24.4 Å². The first-order valence-electron chi connectivity index (χ1n) is 2.52. The van der Waals surface area contributed by atoms with Crippen molar-refractivity contribution in [1.82, 2.24) is 0 Å². The summed E-state index contributed by atoms with van der Waals surface area (Å²) >= 11 is 5.17. The van der Waals surface area contributed by atoms with Gasteiger partial charge in [0, 0.05) is 0 Å². The van der Waals surface area contributed by atoms with Gasteiger partial charge in [0.05, 0.1) is 0 Å². The summed E-state index contributed by atoms with van der Waals surface area (Å²) in [5, 5.41) is 8.63. The number of thiocyanates is 1. The minimum Gasteiger partial charge on any atom is -0.185 e. The van der Waals surface area contributed by atoms with Crippen LogP contribution >= 0.6 is 24.4 Å². The highest BCUT2D eigenvalue weighted by molar-refractivity contribution is 7.99. The van der Waals surface area contributed by atoms with Gasteiger partial charge in [-0.1, -0.05) is 12.6 Å². The van der Waals surface area contributed by atoms with Crippen LogP contribution in [0.4, 0.5) is 0 Å². The maximum atomic E-state index is 7.18. The molecule has 1 nitrogen and oxygen atoms in total. The van der Waals surface area contributed by atoms with Gasteiger partial charge in [0.2, 0.25) is 0 Å². The monoisotopic (exact) mass is 147 g/mol. The first-order chi connectivity index (χ1) is 3.91. The summed E-state index contributed by atoms with van der Waals surface area (Å²) in [5.74, 6) is 2.83. The molecule has 3 heteroatoms. The van der Waals surface area contributed by atoms with E-state index in [1.807, 2.05) is 0 Å². The summed E-state index contributed by atoms with van der Waals surface area (Å²) in [6.07, 6.45) is 2.93. The van der Waals surface area contributed by atoms with E-state index in [2.05, 4.69) is 24.4 Å². The van der Waals surface area contributed by atoms with Gasteiger partial charge in [-0.05, 0) is 24.3 Å². The lowest BCUT2D eigenvalue weighted by Crippen LogP contribution is -1.58. The Morgan fingerprint density at radius 2 is 1.75 bits per heavy atom. The van der Waals surface area contributed by atoms with Crippen LogP contribution in [0.2, 0.25) is 0 Å².